The van der Waals surface area contributed by atoms with Crippen molar-refractivity contribution in [1.29, 1.82) is 0 Å². The molecule has 7 nitrogen and oxygen atoms in total. The number of halogens is 1. The maximum Gasteiger partial charge on any atom is 0.351 e. The van der Waals surface area contributed by atoms with Gasteiger partial charge in [-0.25, -0.2) is 4.79 Å². The first kappa shape index (κ1) is 12.3. The third-order valence-corrected chi connectivity index (χ3v) is 3.07. The number of aromatic nitrogens is 2. The number of hydrogen-bond donors (Lipinski definition) is 3. The van der Waals surface area contributed by atoms with Gasteiger partial charge in [0.05, 0.1) is 6.61 Å². The zero-order valence-corrected chi connectivity index (χ0v) is 9.49. The van der Waals surface area contributed by atoms with E-state index < -0.39 is 29.5 Å². The molecule has 1 fully saturated rings. The molecular formula is C9H12ClN3O4. The van der Waals surface area contributed by atoms with Crippen molar-refractivity contribution in [2.75, 3.05) is 12.3 Å². The van der Waals surface area contributed by atoms with Gasteiger partial charge in [0.2, 0.25) is 0 Å². The van der Waals surface area contributed by atoms with E-state index in [1.54, 1.807) is 0 Å². The summed E-state index contributed by atoms with van der Waals surface area (Å²) in [7, 11) is 0. The lowest BCUT2D eigenvalue weighted by Gasteiger charge is -2.16. The predicted octanol–water partition coefficient (Wildman–Crippen LogP) is -1.32. The molecule has 94 valence electrons. The Labute approximate surface area is 101 Å². The Balaban J connectivity index is 2.32. The molecule has 4 N–H and O–H groups in total. The lowest BCUT2D eigenvalue weighted by molar-refractivity contribution is -0.0457. The van der Waals surface area contributed by atoms with Crippen LogP contribution < -0.4 is 11.4 Å². The molecule has 2 heterocycles. The highest BCUT2D eigenvalue weighted by Gasteiger charge is 2.43. The molecule has 4 atom stereocenters. The van der Waals surface area contributed by atoms with Crippen LogP contribution in [0.4, 0.5) is 5.82 Å². The average molecular weight is 262 g/mol. The van der Waals surface area contributed by atoms with E-state index in [9.17, 15) is 9.90 Å². The second kappa shape index (κ2) is 4.61. The van der Waals surface area contributed by atoms with Gasteiger partial charge in [-0.2, -0.15) is 4.98 Å². The highest BCUT2D eigenvalue weighted by atomic mass is 35.5. The number of nitrogens with zero attached hydrogens (tertiary/aromatic N) is 2. The van der Waals surface area contributed by atoms with Crippen molar-refractivity contribution < 1.29 is 14.9 Å². The number of aliphatic hydroxyl groups is 2. The molecule has 2 rings (SSSR count). The standard InChI is InChI=1S/C9H12ClN3O4/c10-6-7(15)4(3-14)17-8(6)13-2-1-5(11)12-9(13)16/h1-2,4,6-8,14-15H,3H2,(H2,11,12,16)/t4-,6-,7-,8-/m1/s1. The Hall–Kier alpha value is -1.15. The van der Waals surface area contributed by atoms with Gasteiger partial charge in [0.1, 0.15) is 23.4 Å². The summed E-state index contributed by atoms with van der Waals surface area (Å²) in [5.41, 5.74) is 4.73. The molecule has 0 spiro atoms. The molecular weight excluding hydrogens is 250 g/mol. The number of nitrogens with two attached hydrogens (primary N) is 1. The fourth-order valence-corrected chi connectivity index (χ4v) is 2.04. The summed E-state index contributed by atoms with van der Waals surface area (Å²) >= 11 is 5.94. The van der Waals surface area contributed by atoms with Crippen LogP contribution in [-0.2, 0) is 4.74 Å². The van der Waals surface area contributed by atoms with Crippen LogP contribution in [0.2, 0.25) is 0 Å². The van der Waals surface area contributed by atoms with Crippen LogP contribution in [0.15, 0.2) is 17.1 Å². The van der Waals surface area contributed by atoms with Crippen LogP contribution in [0.5, 0.6) is 0 Å². The van der Waals surface area contributed by atoms with Gasteiger partial charge in [-0.15, -0.1) is 11.6 Å². The molecule has 0 radical (unpaired) electrons. The van der Waals surface area contributed by atoms with Gasteiger partial charge in [0, 0.05) is 6.20 Å². The fourth-order valence-electron chi connectivity index (χ4n) is 1.70. The lowest BCUT2D eigenvalue weighted by atomic mass is 10.2. The molecule has 0 bridgehead atoms. The molecule has 17 heavy (non-hydrogen) atoms. The number of aliphatic hydroxyl groups excluding tert-OH is 2. The average Bonchev–Trinajstić information content (AvgIpc) is 2.57. The minimum absolute atomic E-state index is 0.0922. The number of alkyl halides is 1. The van der Waals surface area contributed by atoms with Crippen molar-refractivity contribution in [2.45, 2.75) is 23.8 Å². The van der Waals surface area contributed by atoms with Crippen molar-refractivity contribution in [2.24, 2.45) is 0 Å². The van der Waals surface area contributed by atoms with E-state index in [0.717, 1.165) is 4.57 Å². The molecule has 8 heteroatoms. The monoisotopic (exact) mass is 261 g/mol. The van der Waals surface area contributed by atoms with Crippen LogP contribution in [-0.4, -0.2) is 44.0 Å². The second-order valence-corrected chi connectivity index (χ2v) is 4.23. The van der Waals surface area contributed by atoms with E-state index in [-0.39, 0.29) is 12.4 Å². The van der Waals surface area contributed by atoms with Gasteiger partial charge in [0.15, 0.2) is 6.23 Å². The van der Waals surface area contributed by atoms with Crippen molar-refractivity contribution in [3.63, 3.8) is 0 Å². The Kier molecular flexibility index (Phi) is 3.34. The summed E-state index contributed by atoms with van der Waals surface area (Å²) in [4.78, 5) is 15.1. The van der Waals surface area contributed by atoms with Gasteiger partial charge in [-0.1, -0.05) is 0 Å². The summed E-state index contributed by atoms with van der Waals surface area (Å²) < 4.78 is 6.42. The van der Waals surface area contributed by atoms with E-state index in [0.29, 0.717) is 0 Å². The van der Waals surface area contributed by atoms with Crippen molar-refractivity contribution in [1.82, 2.24) is 9.55 Å². The normalized spacial score (nSPS) is 32.9. The zero-order valence-electron chi connectivity index (χ0n) is 8.73. The Bertz CT molecular complexity index is 466. The second-order valence-electron chi connectivity index (χ2n) is 3.72. The third kappa shape index (κ3) is 2.14. The first-order valence-electron chi connectivity index (χ1n) is 4.97. The number of ether oxygens (including phenoxy) is 1. The quantitative estimate of drug-likeness (QED) is 0.570. The largest absolute Gasteiger partial charge is 0.394 e. The number of rotatable bonds is 2. The van der Waals surface area contributed by atoms with E-state index in [2.05, 4.69) is 4.98 Å². The molecule has 0 aromatic carbocycles. The van der Waals surface area contributed by atoms with E-state index in [4.69, 9.17) is 27.2 Å². The Morgan fingerprint density at radius 3 is 2.88 bits per heavy atom. The van der Waals surface area contributed by atoms with Crippen LogP contribution in [0, 0.1) is 0 Å². The van der Waals surface area contributed by atoms with Crippen molar-refractivity contribution >= 4 is 17.4 Å². The third-order valence-electron chi connectivity index (χ3n) is 2.60. The van der Waals surface area contributed by atoms with Crippen molar-refractivity contribution in [3.05, 3.63) is 22.7 Å². The van der Waals surface area contributed by atoms with Crippen LogP contribution in [0.3, 0.4) is 0 Å². The molecule has 0 unspecified atom stereocenters. The minimum atomic E-state index is -1.05. The van der Waals surface area contributed by atoms with Gasteiger partial charge in [-0.3, -0.25) is 4.57 Å². The maximum absolute atomic E-state index is 11.6. The van der Waals surface area contributed by atoms with Gasteiger partial charge >= 0.3 is 5.69 Å². The zero-order chi connectivity index (χ0) is 12.6. The number of anilines is 1. The smallest absolute Gasteiger partial charge is 0.351 e. The first-order chi connectivity index (χ1) is 8.04. The van der Waals surface area contributed by atoms with E-state index in [1.807, 2.05) is 0 Å². The van der Waals surface area contributed by atoms with Gasteiger partial charge in [0.25, 0.3) is 0 Å². The van der Waals surface area contributed by atoms with Crippen LogP contribution >= 0.6 is 11.6 Å². The number of hydrogen-bond acceptors (Lipinski definition) is 6. The molecule has 0 aliphatic carbocycles. The van der Waals surface area contributed by atoms with Crippen LogP contribution in [0.1, 0.15) is 6.23 Å². The maximum atomic E-state index is 11.6. The molecule has 0 saturated carbocycles. The number of nitrogen functional groups attached to an aromatic ring is 1. The van der Waals surface area contributed by atoms with Crippen LogP contribution in [0.25, 0.3) is 0 Å². The molecule has 0 amide bonds. The van der Waals surface area contributed by atoms with E-state index >= 15 is 0 Å². The highest BCUT2D eigenvalue weighted by molar-refractivity contribution is 6.21. The molecule has 1 aromatic heterocycles. The van der Waals surface area contributed by atoms with Crippen molar-refractivity contribution in [3.8, 4) is 0 Å². The highest BCUT2D eigenvalue weighted by Crippen LogP contribution is 2.32. The molecule has 1 aliphatic rings. The van der Waals surface area contributed by atoms with Gasteiger partial charge < -0.3 is 20.7 Å². The Morgan fingerprint density at radius 1 is 1.65 bits per heavy atom. The molecule has 1 saturated heterocycles. The summed E-state index contributed by atoms with van der Waals surface area (Å²) in [5, 5.41) is 17.8. The van der Waals surface area contributed by atoms with E-state index in [1.165, 1.54) is 12.3 Å². The first-order valence-corrected chi connectivity index (χ1v) is 5.41. The predicted molar refractivity (Wildman–Crippen MR) is 59.6 cm³/mol. The minimum Gasteiger partial charge on any atom is -0.394 e. The fraction of sp³-hybridized carbons (Fsp3) is 0.556. The summed E-state index contributed by atoms with van der Waals surface area (Å²) in [6, 6.07) is 1.42. The Morgan fingerprint density at radius 2 is 2.35 bits per heavy atom. The summed E-state index contributed by atoms with van der Waals surface area (Å²) in [6.07, 6.45) is -1.34. The lowest BCUT2D eigenvalue weighted by Crippen LogP contribution is -2.32. The molecule has 1 aromatic rings. The molecule has 1 aliphatic heterocycles. The topological polar surface area (TPSA) is 111 Å². The SMILES string of the molecule is Nc1ccn([C@@H]2O[C@H](CO)[C@@H](O)[C@H]2Cl)c(=O)n1. The summed E-state index contributed by atoms with van der Waals surface area (Å²) in [6.45, 7) is -0.377. The van der Waals surface area contributed by atoms with Gasteiger partial charge in [-0.05, 0) is 6.07 Å². The summed E-state index contributed by atoms with van der Waals surface area (Å²) in [5.74, 6) is 0.0922.